The Morgan fingerprint density at radius 3 is 2.79 bits per heavy atom. The van der Waals surface area contributed by atoms with Crippen LogP contribution in [-0.2, 0) is 12.8 Å². The number of rotatable bonds is 4. The third-order valence-electron chi connectivity index (χ3n) is 3.43. The van der Waals surface area contributed by atoms with Crippen LogP contribution in [0.4, 0.5) is 0 Å². The summed E-state index contributed by atoms with van der Waals surface area (Å²) in [5, 5.41) is 20.6. The smallest absolute Gasteiger partial charge is 0.261 e. The van der Waals surface area contributed by atoms with Crippen molar-refractivity contribution in [3.05, 3.63) is 21.4 Å². The minimum atomic E-state index is -0.884. The highest BCUT2D eigenvalue weighted by Crippen LogP contribution is 2.28. The third-order valence-corrected chi connectivity index (χ3v) is 4.67. The van der Waals surface area contributed by atoms with E-state index in [4.69, 9.17) is 5.11 Å². The molecule has 1 aliphatic rings. The Balaban J connectivity index is 2.00. The number of thiophene rings is 1. The lowest BCUT2D eigenvalue weighted by molar-refractivity contribution is 0.0804. The SMILES string of the molecule is O=C(NCC(O)CO)c1cc2c(s1)CCCCCC2. The quantitative estimate of drug-likeness (QED) is 0.784. The first kappa shape index (κ1) is 14.5. The molecule has 1 aliphatic carbocycles. The molecule has 1 aromatic rings. The van der Waals surface area contributed by atoms with Gasteiger partial charge in [-0.2, -0.15) is 0 Å². The molecule has 4 nitrogen and oxygen atoms in total. The van der Waals surface area contributed by atoms with Gasteiger partial charge in [0.1, 0.15) is 0 Å². The van der Waals surface area contributed by atoms with Crippen LogP contribution in [0.1, 0.15) is 45.8 Å². The summed E-state index contributed by atoms with van der Waals surface area (Å²) in [6.45, 7) is -0.237. The summed E-state index contributed by atoms with van der Waals surface area (Å²) >= 11 is 1.57. The van der Waals surface area contributed by atoms with E-state index in [1.807, 2.05) is 6.07 Å². The van der Waals surface area contributed by atoms with Gasteiger partial charge in [-0.15, -0.1) is 11.3 Å². The number of aryl methyl sites for hydroxylation is 2. The number of aliphatic hydroxyl groups is 2. The first-order valence-electron chi connectivity index (χ1n) is 6.89. The number of carbonyl (C=O) groups is 1. The van der Waals surface area contributed by atoms with E-state index < -0.39 is 6.10 Å². The lowest BCUT2D eigenvalue weighted by Crippen LogP contribution is -2.33. The van der Waals surface area contributed by atoms with Crippen LogP contribution in [-0.4, -0.2) is 35.4 Å². The van der Waals surface area contributed by atoms with Gasteiger partial charge in [0.2, 0.25) is 0 Å². The van der Waals surface area contributed by atoms with E-state index in [0.717, 1.165) is 17.7 Å². The maximum Gasteiger partial charge on any atom is 0.261 e. The Bertz CT molecular complexity index is 405. The van der Waals surface area contributed by atoms with Crippen molar-refractivity contribution in [3.63, 3.8) is 0 Å². The van der Waals surface area contributed by atoms with Crippen molar-refractivity contribution < 1.29 is 15.0 Å². The molecule has 0 spiro atoms. The van der Waals surface area contributed by atoms with Gasteiger partial charge < -0.3 is 15.5 Å². The topological polar surface area (TPSA) is 69.6 Å². The van der Waals surface area contributed by atoms with Gasteiger partial charge in [0.05, 0.1) is 17.6 Å². The molecule has 1 unspecified atom stereocenters. The molecular weight excluding hydrogens is 262 g/mol. The van der Waals surface area contributed by atoms with E-state index in [1.165, 1.54) is 36.1 Å². The maximum absolute atomic E-state index is 12.0. The number of aliphatic hydroxyl groups excluding tert-OH is 2. The van der Waals surface area contributed by atoms with Crippen LogP contribution in [0.2, 0.25) is 0 Å². The van der Waals surface area contributed by atoms with E-state index >= 15 is 0 Å². The van der Waals surface area contributed by atoms with Crippen LogP contribution >= 0.6 is 11.3 Å². The number of hydrogen-bond acceptors (Lipinski definition) is 4. The molecule has 3 N–H and O–H groups in total. The zero-order valence-electron chi connectivity index (χ0n) is 11.0. The van der Waals surface area contributed by atoms with Crippen molar-refractivity contribution in [3.8, 4) is 0 Å². The number of fused-ring (bicyclic) bond motifs is 1. The van der Waals surface area contributed by atoms with E-state index in [0.29, 0.717) is 0 Å². The second-order valence-electron chi connectivity index (χ2n) is 5.02. The molecule has 1 aromatic heterocycles. The van der Waals surface area contributed by atoms with Crippen molar-refractivity contribution in [2.45, 2.75) is 44.6 Å². The van der Waals surface area contributed by atoms with Gasteiger partial charge in [0.15, 0.2) is 0 Å². The molecular formula is C14H21NO3S. The van der Waals surface area contributed by atoms with Crippen molar-refractivity contribution in [2.75, 3.05) is 13.2 Å². The number of nitrogens with one attached hydrogen (secondary N) is 1. The standard InChI is InChI=1S/C14H21NO3S/c16-9-11(17)8-15-14(18)13-7-10-5-3-1-2-4-6-12(10)19-13/h7,11,16-17H,1-6,8-9H2,(H,15,18). The first-order chi connectivity index (χ1) is 9.20. The zero-order valence-corrected chi connectivity index (χ0v) is 11.8. The predicted molar refractivity (Wildman–Crippen MR) is 75.6 cm³/mol. The first-order valence-corrected chi connectivity index (χ1v) is 7.71. The maximum atomic E-state index is 12.0. The Hall–Kier alpha value is -0.910. The Morgan fingerprint density at radius 1 is 1.32 bits per heavy atom. The molecule has 1 heterocycles. The summed E-state index contributed by atoms with van der Waals surface area (Å²) < 4.78 is 0. The number of carbonyl (C=O) groups excluding carboxylic acids is 1. The van der Waals surface area contributed by atoms with Crippen LogP contribution in [0.3, 0.4) is 0 Å². The molecule has 19 heavy (non-hydrogen) atoms. The zero-order chi connectivity index (χ0) is 13.7. The van der Waals surface area contributed by atoms with Crippen LogP contribution in [0.15, 0.2) is 6.07 Å². The van der Waals surface area contributed by atoms with Gasteiger partial charge in [-0.25, -0.2) is 0 Å². The average molecular weight is 283 g/mol. The minimum absolute atomic E-state index is 0.0951. The molecule has 1 atom stereocenters. The fourth-order valence-corrected chi connectivity index (χ4v) is 3.49. The molecule has 0 bridgehead atoms. The molecule has 106 valence electrons. The summed E-state index contributed by atoms with van der Waals surface area (Å²) in [7, 11) is 0. The highest BCUT2D eigenvalue weighted by atomic mass is 32.1. The van der Waals surface area contributed by atoms with E-state index in [2.05, 4.69) is 5.32 Å². The van der Waals surface area contributed by atoms with E-state index in [1.54, 1.807) is 11.3 Å². The van der Waals surface area contributed by atoms with Gasteiger partial charge >= 0.3 is 0 Å². The van der Waals surface area contributed by atoms with Crippen molar-refractivity contribution in [1.82, 2.24) is 5.32 Å². The predicted octanol–water partition coefficient (Wildman–Crippen LogP) is 1.49. The lowest BCUT2D eigenvalue weighted by atomic mass is 10.00. The molecule has 0 saturated carbocycles. The minimum Gasteiger partial charge on any atom is -0.394 e. The van der Waals surface area contributed by atoms with Gasteiger partial charge in [-0.1, -0.05) is 12.8 Å². The Morgan fingerprint density at radius 2 is 2.05 bits per heavy atom. The molecule has 0 fully saturated rings. The third kappa shape index (κ3) is 4.03. The van der Waals surface area contributed by atoms with Crippen LogP contribution in [0, 0.1) is 0 Å². The van der Waals surface area contributed by atoms with Gasteiger partial charge in [0, 0.05) is 11.4 Å². The highest BCUT2D eigenvalue weighted by molar-refractivity contribution is 7.14. The second kappa shape index (κ2) is 7.03. The van der Waals surface area contributed by atoms with Gasteiger partial charge in [-0.3, -0.25) is 4.79 Å². The monoisotopic (exact) mass is 283 g/mol. The lowest BCUT2D eigenvalue weighted by Gasteiger charge is -2.07. The summed E-state index contributed by atoms with van der Waals surface area (Å²) in [5.41, 5.74) is 1.32. The van der Waals surface area contributed by atoms with E-state index in [9.17, 15) is 9.90 Å². The van der Waals surface area contributed by atoms with Crippen LogP contribution in [0.25, 0.3) is 0 Å². The van der Waals surface area contributed by atoms with Crippen LogP contribution in [0.5, 0.6) is 0 Å². The molecule has 0 radical (unpaired) electrons. The second-order valence-corrected chi connectivity index (χ2v) is 6.16. The Kier molecular flexibility index (Phi) is 5.36. The molecule has 2 rings (SSSR count). The molecule has 5 heteroatoms. The average Bonchev–Trinajstić information content (AvgIpc) is 2.78. The van der Waals surface area contributed by atoms with E-state index in [-0.39, 0.29) is 19.1 Å². The largest absolute Gasteiger partial charge is 0.394 e. The molecule has 0 saturated heterocycles. The summed E-state index contributed by atoms with van der Waals surface area (Å²) in [5.74, 6) is -0.149. The van der Waals surface area contributed by atoms with Crippen LogP contribution < -0.4 is 5.32 Å². The highest BCUT2D eigenvalue weighted by Gasteiger charge is 2.16. The fourth-order valence-electron chi connectivity index (χ4n) is 2.32. The molecule has 0 aromatic carbocycles. The Labute approximate surface area is 117 Å². The summed E-state index contributed by atoms with van der Waals surface area (Å²) in [6, 6.07) is 1.99. The normalized spacial score (nSPS) is 17.2. The van der Waals surface area contributed by atoms with Crippen molar-refractivity contribution >= 4 is 17.2 Å². The van der Waals surface area contributed by atoms with Gasteiger partial charge in [0.25, 0.3) is 5.91 Å². The number of hydrogen-bond donors (Lipinski definition) is 3. The van der Waals surface area contributed by atoms with Crippen molar-refractivity contribution in [2.24, 2.45) is 0 Å². The van der Waals surface area contributed by atoms with Crippen molar-refractivity contribution in [1.29, 1.82) is 0 Å². The molecule has 1 amide bonds. The summed E-state index contributed by atoms with van der Waals surface area (Å²) in [6.07, 6.45) is 6.22. The fraction of sp³-hybridized carbons (Fsp3) is 0.643. The summed E-state index contributed by atoms with van der Waals surface area (Å²) in [4.78, 5) is 14.0. The van der Waals surface area contributed by atoms with Gasteiger partial charge in [-0.05, 0) is 37.3 Å². The molecule has 0 aliphatic heterocycles. The number of amides is 1.